The third-order valence-corrected chi connectivity index (χ3v) is 3.65. The Bertz CT molecular complexity index is 307. The van der Waals surface area contributed by atoms with E-state index in [4.69, 9.17) is 0 Å². The van der Waals surface area contributed by atoms with Crippen molar-refractivity contribution in [2.24, 2.45) is 17.8 Å². The molecule has 0 aliphatic heterocycles. The molecule has 0 aromatic heterocycles. The van der Waals surface area contributed by atoms with Crippen molar-refractivity contribution >= 4 is 5.78 Å². The first-order valence-corrected chi connectivity index (χ1v) is 6.10. The average molecular weight is 204 g/mol. The molecule has 2 rings (SSSR count). The van der Waals surface area contributed by atoms with Gasteiger partial charge in [0.2, 0.25) is 0 Å². The molecule has 0 aromatic carbocycles. The van der Waals surface area contributed by atoms with Gasteiger partial charge in [-0.2, -0.15) is 0 Å². The van der Waals surface area contributed by atoms with E-state index in [9.17, 15) is 4.79 Å². The molecule has 1 heteroatoms. The van der Waals surface area contributed by atoms with Crippen molar-refractivity contribution in [1.29, 1.82) is 0 Å². The molecule has 0 amide bonds. The standard InChI is InChI=1S/C14H20O/c1-10-3-7-13(9-11(10)2)14(15)8-6-12-4-5-12/h3,7,9-12H,4-6,8H2,1-2H3/t10-,11+/m0/s1. The Morgan fingerprint density at radius 1 is 1.33 bits per heavy atom. The second-order valence-electron chi connectivity index (χ2n) is 5.10. The van der Waals surface area contributed by atoms with E-state index in [1.54, 1.807) is 0 Å². The second-order valence-corrected chi connectivity index (χ2v) is 5.10. The van der Waals surface area contributed by atoms with Crippen molar-refractivity contribution in [3.8, 4) is 0 Å². The molecular formula is C14H20O. The van der Waals surface area contributed by atoms with Crippen molar-refractivity contribution in [1.82, 2.24) is 0 Å². The number of Topliss-reactive ketones (excluding diaryl/α,β-unsaturated/α-hetero) is 1. The molecule has 0 aromatic rings. The summed E-state index contributed by atoms with van der Waals surface area (Å²) in [4.78, 5) is 11.9. The zero-order valence-corrected chi connectivity index (χ0v) is 9.70. The van der Waals surface area contributed by atoms with Gasteiger partial charge in [-0.25, -0.2) is 0 Å². The number of hydrogen-bond acceptors (Lipinski definition) is 1. The minimum Gasteiger partial charge on any atom is -0.294 e. The molecule has 1 saturated carbocycles. The quantitative estimate of drug-likeness (QED) is 0.685. The highest BCUT2D eigenvalue weighted by Gasteiger charge is 2.23. The lowest BCUT2D eigenvalue weighted by Crippen LogP contribution is -2.11. The van der Waals surface area contributed by atoms with Gasteiger partial charge < -0.3 is 0 Å². The fourth-order valence-corrected chi connectivity index (χ4v) is 1.99. The van der Waals surface area contributed by atoms with E-state index in [2.05, 4.69) is 26.0 Å². The van der Waals surface area contributed by atoms with Gasteiger partial charge in [-0.05, 0) is 24.2 Å². The van der Waals surface area contributed by atoms with Crippen molar-refractivity contribution in [3.05, 3.63) is 23.8 Å². The Balaban J connectivity index is 1.89. The maximum Gasteiger partial charge on any atom is 0.162 e. The van der Waals surface area contributed by atoms with Gasteiger partial charge in [0.05, 0.1) is 0 Å². The molecule has 15 heavy (non-hydrogen) atoms. The number of carbonyl (C=O) groups is 1. The normalized spacial score (nSPS) is 30.1. The Hall–Kier alpha value is -0.850. The molecule has 0 N–H and O–H groups in total. The molecule has 1 nitrogen and oxygen atoms in total. The highest BCUT2D eigenvalue weighted by atomic mass is 16.1. The molecule has 2 aliphatic rings. The highest BCUT2D eigenvalue weighted by molar-refractivity contribution is 5.98. The molecule has 0 bridgehead atoms. The van der Waals surface area contributed by atoms with Crippen LogP contribution in [0.4, 0.5) is 0 Å². The Labute approximate surface area is 92.3 Å². The van der Waals surface area contributed by atoms with Crippen LogP contribution in [0, 0.1) is 17.8 Å². The average Bonchev–Trinajstić information content (AvgIpc) is 3.02. The summed E-state index contributed by atoms with van der Waals surface area (Å²) in [7, 11) is 0. The van der Waals surface area contributed by atoms with Crippen LogP contribution < -0.4 is 0 Å². The lowest BCUT2D eigenvalue weighted by atomic mass is 9.86. The monoisotopic (exact) mass is 204 g/mol. The van der Waals surface area contributed by atoms with Crippen LogP contribution in [0.5, 0.6) is 0 Å². The van der Waals surface area contributed by atoms with Gasteiger partial charge >= 0.3 is 0 Å². The minimum atomic E-state index is 0.344. The molecule has 0 spiro atoms. The fourth-order valence-electron chi connectivity index (χ4n) is 1.99. The van der Waals surface area contributed by atoms with E-state index < -0.39 is 0 Å². The summed E-state index contributed by atoms with van der Waals surface area (Å²) in [5.74, 6) is 2.29. The molecule has 0 radical (unpaired) electrons. The Morgan fingerprint density at radius 2 is 2.07 bits per heavy atom. The third-order valence-electron chi connectivity index (χ3n) is 3.65. The number of carbonyl (C=O) groups excluding carboxylic acids is 1. The van der Waals surface area contributed by atoms with E-state index in [-0.39, 0.29) is 0 Å². The van der Waals surface area contributed by atoms with Crippen LogP contribution in [0.1, 0.15) is 39.5 Å². The van der Waals surface area contributed by atoms with Crippen LogP contribution in [-0.2, 0) is 4.79 Å². The first-order chi connectivity index (χ1) is 7.16. The predicted molar refractivity (Wildman–Crippen MR) is 62.5 cm³/mol. The van der Waals surface area contributed by atoms with Crippen molar-refractivity contribution < 1.29 is 4.79 Å². The van der Waals surface area contributed by atoms with E-state index in [0.717, 1.165) is 24.3 Å². The molecule has 0 unspecified atom stereocenters. The van der Waals surface area contributed by atoms with Gasteiger partial charge in [-0.3, -0.25) is 4.79 Å². The summed E-state index contributed by atoms with van der Waals surface area (Å²) in [6.45, 7) is 4.38. The summed E-state index contributed by atoms with van der Waals surface area (Å²) < 4.78 is 0. The van der Waals surface area contributed by atoms with E-state index >= 15 is 0 Å². The van der Waals surface area contributed by atoms with Crippen LogP contribution in [0.15, 0.2) is 23.8 Å². The zero-order chi connectivity index (χ0) is 10.8. The molecular weight excluding hydrogens is 184 g/mol. The first-order valence-electron chi connectivity index (χ1n) is 6.10. The number of rotatable bonds is 4. The molecule has 0 heterocycles. The van der Waals surface area contributed by atoms with E-state index in [1.165, 1.54) is 12.8 Å². The molecule has 0 saturated heterocycles. The fraction of sp³-hybridized carbons (Fsp3) is 0.643. The summed E-state index contributed by atoms with van der Waals surface area (Å²) >= 11 is 0. The van der Waals surface area contributed by atoms with Crippen LogP contribution in [-0.4, -0.2) is 5.78 Å². The van der Waals surface area contributed by atoms with Crippen LogP contribution in [0.2, 0.25) is 0 Å². The van der Waals surface area contributed by atoms with E-state index in [1.807, 2.05) is 6.08 Å². The third kappa shape index (κ3) is 2.80. The van der Waals surface area contributed by atoms with Gasteiger partial charge in [-0.15, -0.1) is 0 Å². The number of allylic oxidation sites excluding steroid dienone is 4. The van der Waals surface area contributed by atoms with Gasteiger partial charge in [0.15, 0.2) is 5.78 Å². The first kappa shape index (κ1) is 10.7. The van der Waals surface area contributed by atoms with Gasteiger partial charge in [0, 0.05) is 12.0 Å². The summed E-state index contributed by atoms with van der Waals surface area (Å²) in [5.41, 5.74) is 0.946. The van der Waals surface area contributed by atoms with Gasteiger partial charge in [0.25, 0.3) is 0 Å². The summed E-state index contributed by atoms with van der Waals surface area (Å²) in [6.07, 6.45) is 10.9. The smallest absolute Gasteiger partial charge is 0.162 e. The maximum atomic E-state index is 11.9. The molecule has 2 aliphatic carbocycles. The second kappa shape index (κ2) is 4.34. The van der Waals surface area contributed by atoms with Crippen LogP contribution in [0.25, 0.3) is 0 Å². The zero-order valence-electron chi connectivity index (χ0n) is 9.70. The predicted octanol–water partition coefficient (Wildman–Crippen LogP) is 3.51. The summed E-state index contributed by atoms with van der Waals surface area (Å²) in [6, 6.07) is 0. The topological polar surface area (TPSA) is 17.1 Å². The van der Waals surface area contributed by atoms with Crippen LogP contribution in [0.3, 0.4) is 0 Å². The Morgan fingerprint density at radius 3 is 2.67 bits per heavy atom. The van der Waals surface area contributed by atoms with E-state index in [0.29, 0.717) is 17.6 Å². The van der Waals surface area contributed by atoms with Crippen molar-refractivity contribution in [2.75, 3.05) is 0 Å². The maximum absolute atomic E-state index is 11.9. The minimum absolute atomic E-state index is 0.344. The largest absolute Gasteiger partial charge is 0.294 e. The van der Waals surface area contributed by atoms with Gasteiger partial charge in [-0.1, -0.05) is 44.9 Å². The van der Waals surface area contributed by atoms with Crippen molar-refractivity contribution in [3.63, 3.8) is 0 Å². The number of ketones is 1. The van der Waals surface area contributed by atoms with Gasteiger partial charge in [0.1, 0.15) is 0 Å². The molecule has 82 valence electrons. The number of hydrogen-bond donors (Lipinski definition) is 0. The highest BCUT2D eigenvalue weighted by Crippen LogP contribution is 2.34. The lowest BCUT2D eigenvalue weighted by molar-refractivity contribution is -0.115. The molecule has 1 fully saturated rings. The summed E-state index contributed by atoms with van der Waals surface area (Å²) in [5, 5.41) is 0. The molecule has 2 atom stereocenters. The SMILES string of the molecule is C[C@@H]1C=C(C(=O)CCC2CC2)C=C[C@@H]1C. The lowest BCUT2D eigenvalue weighted by Gasteiger charge is -2.18. The van der Waals surface area contributed by atoms with Crippen LogP contribution >= 0.6 is 0 Å². The van der Waals surface area contributed by atoms with Crippen molar-refractivity contribution in [2.45, 2.75) is 39.5 Å². The Kier molecular flexibility index (Phi) is 3.08.